The molecule has 0 aromatic heterocycles. The molecule has 17 heavy (non-hydrogen) atoms. The fourth-order valence-electron chi connectivity index (χ4n) is 1.54. The van der Waals surface area contributed by atoms with Crippen LogP contribution in [0.5, 0.6) is 0 Å². The summed E-state index contributed by atoms with van der Waals surface area (Å²) in [5.74, 6) is 0. The van der Waals surface area contributed by atoms with E-state index in [1.54, 1.807) is 31.0 Å². The van der Waals surface area contributed by atoms with Crippen LogP contribution in [0, 0.1) is 10.1 Å². The van der Waals surface area contributed by atoms with Gasteiger partial charge in [-0.1, -0.05) is 6.07 Å². The smallest absolute Gasteiger partial charge is 0.292 e. The zero-order chi connectivity index (χ0) is 13.0. The SMILES string of the molecule is C[C@@H](O)c1ccc(N(C)CCO)c([N+](=O)[O-])c1. The zero-order valence-corrected chi connectivity index (χ0v) is 9.83. The van der Waals surface area contributed by atoms with Crippen molar-refractivity contribution in [2.45, 2.75) is 13.0 Å². The second kappa shape index (κ2) is 5.60. The molecule has 1 rings (SSSR count). The third-order valence-corrected chi connectivity index (χ3v) is 2.53. The number of aliphatic hydroxyl groups excluding tert-OH is 2. The first-order chi connectivity index (χ1) is 7.97. The topological polar surface area (TPSA) is 86.8 Å². The summed E-state index contributed by atoms with van der Waals surface area (Å²) in [4.78, 5) is 12.1. The van der Waals surface area contributed by atoms with E-state index in [2.05, 4.69) is 0 Å². The van der Waals surface area contributed by atoms with Gasteiger partial charge in [-0.2, -0.15) is 0 Å². The Balaban J connectivity index is 3.17. The van der Waals surface area contributed by atoms with Gasteiger partial charge in [-0.05, 0) is 18.6 Å². The first kappa shape index (κ1) is 13.4. The molecule has 1 aromatic carbocycles. The number of benzene rings is 1. The van der Waals surface area contributed by atoms with Crippen LogP contribution in [0.25, 0.3) is 0 Å². The van der Waals surface area contributed by atoms with Crippen LogP contribution in [0.4, 0.5) is 11.4 Å². The van der Waals surface area contributed by atoms with E-state index in [4.69, 9.17) is 5.11 Å². The van der Waals surface area contributed by atoms with Crippen molar-refractivity contribution >= 4 is 11.4 Å². The number of nitro groups is 1. The molecule has 0 aliphatic carbocycles. The summed E-state index contributed by atoms with van der Waals surface area (Å²) in [5, 5.41) is 29.1. The monoisotopic (exact) mass is 240 g/mol. The molecule has 0 bridgehead atoms. The average molecular weight is 240 g/mol. The molecule has 6 nitrogen and oxygen atoms in total. The Kier molecular flexibility index (Phi) is 4.42. The minimum atomic E-state index is -0.745. The lowest BCUT2D eigenvalue weighted by atomic mass is 10.1. The van der Waals surface area contributed by atoms with Crippen LogP contribution >= 0.6 is 0 Å². The molecule has 6 heteroatoms. The molecule has 0 aliphatic heterocycles. The van der Waals surface area contributed by atoms with Crippen molar-refractivity contribution in [2.75, 3.05) is 25.1 Å². The molecule has 0 fully saturated rings. The molecule has 2 N–H and O–H groups in total. The van der Waals surface area contributed by atoms with Gasteiger partial charge in [0.2, 0.25) is 0 Å². The number of hydrogen-bond acceptors (Lipinski definition) is 5. The lowest BCUT2D eigenvalue weighted by molar-refractivity contribution is -0.384. The van der Waals surface area contributed by atoms with E-state index in [0.29, 0.717) is 17.8 Å². The fourth-order valence-corrected chi connectivity index (χ4v) is 1.54. The molecular weight excluding hydrogens is 224 g/mol. The number of nitro benzene ring substituents is 1. The van der Waals surface area contributed by atoms with Gasteiger partial charge in [0, 0.05) is 19.7 Å². The Morgan fingerprint density at radius 3 is 2.65 bits per heavy atom. The summed E-state index contributed by atoms with van der Waals surface area (Å²) >= 11 is 0. The van der Waals surface area contributed by atoms with E-state index in [1.807, 2.05) is 0 Å². The summed E-state index contributed by atoms with van der Waals surface area (Å²) < 4.78 is 0. The Bertz CT molecular complexity index is 406. The number of hydrogen-bond donors (Lipinski definition) is 2. The number of likely N-dealkylation sites (N-methyl/N-ethyl adjacent to an activating group) is 1. The van der Waals surface area contributed by atoms with Gasteiger partial charge in [-0.3, -0.25) is 10.1 Å². The van der Waals surface area contributed by atoms with Gasteiger partial charge in [0.25, 0.3) is 5.69 Å². The van der Waals surface area contributed by atoms with Crippen molar-refractivity contribution in [3.05, 3.63) is 33.9 Å². The van der Waals surface area contributed by atoms with Crippen LogP contribution in [0.3, 0.4) is 0 Å². The van der Waals surface area contributed by atoms with Gasteiger partial charge in [-0.25, -0.2) is 0 Å². The Morgan fingerprint density at radius 2 is 2.18 bits per heavy atom. The van der Waals surface area contributed by atoms with E-state index in [1.165, 1.54) is 6.07 Å². The lowest BCUT2D eigenvalue weighted by Crippen LogP contribution is -2.22. The van der Waals surface area contributed by atoms with Crippen LogP contribution in [0.1, 0.15) is 18.6 Å². The van der Waals surface area contributed by atoms with Crippen molar-refractivity contribution in [3.8, 4) is 0 Å². The molecule has 0 heterocycles. The highest BCUT2D eigenvalue weighted by Gasteiger charge is 2.18. The van der Waals surface area contributed by atoms with Crippen LogP contribution in [0.15, 0.2) is 18.2 Å². The third-order valence-electron chi connectivity index (χ3n) is 2.53. The van der Waals surface area contributed by atoms with Gasteiger partial charge in [-0.15, -0.1) is 0 Å². The summed E-state index contributed by atoms with van der Waals surface area (Å²) in [5.41, 5.74) is 0.852. The molecule has 0 aliphatic rings. The van der Waals surface area contributed by atoms with E-state index in [9.17, 15) is 15.2 Å². The van der Waals surface area contributed by atoms with Gasteiger partial charge >= 0.3 is 0 Å². The predicted molar refractivity (Wildman–Crippen MR) is 64.1 cm³/mol. The first-order valence-corrected chi connectivity index (χ1v) is 5.25. The molecule has 0 unspecified atom stereocenters. The summed E-state index contributed by atoms with van der Waals surface area (Å²) in [6.45, 7) is 1.79. The minimum Gasteiger partial charge on any atom is -0.395 e. The van der Waals surface area contributed by atoms with Crippen LogP contribution < -0.4 is 4.90 Å². The Labute approximate surface area is 99.3 Å². The van der Waals surface area contributed by atoms with Crippen LogP contribution in [-0.2, 0) is 0 Å². The molecule has 0 saturated heterocycles. The number of nitrogens with zero attached hydrogens (tertiary/aromatic N) is 2. The normalized spacial score (nSPS) is 12.2. The average Bonchev–Trinajstić information content (AvgIpc) is 2.28. The fraction of sp³-hybridized carbons (Fsp3) is 0.455. The first-order valence-electron chi connectivity index (χ1n) is 5.25. The highest BCUT2D eigenvalue weighted by atomic mass is 16.6. The highest BCUT2D eigenvalue weighted by Crippen LogP contribution is 2.30. The highest BCUT2D eigenvalue weighted by molar-refractivity contribution is 5.64. The molecule has 0 spiro atoms. The lowest BCUT2D eigenvalue weighted by Gasteiger charge is -2.18. The molecular formula is C11H16N2O4. The third kappa shape index (κ3) is 3.15. The van der Waals surface area contributed by atoms with Crippen molar-refractivity contribution in [1.82, 2.24) is 0 Å². The van der Waals surface area contributed by atoms with E-state index >= 15 is 0 Å². The maximum absolute atomic E-state index is 10.9. The minimum absolute atomic E-state index is 0.0700. The summed E-state index contributed by atoms with van der Waals surface area (Å²) in [6, 6.07) is 4.57. The van der Waals surface area contributed by atoms with Crippen LogP contribution in [0.2, 0.25) is 0 Å². The van der Waals surface area contributed by atoms with Gasteiger partial charge in [0.1, 0.15) is 5.69 Å². The largest absolute Gasteiger partial charge is 0.395 e. The maximum atomic E-state index is 10.9. The van der Waals surface area contributed by atoms with Gasteiger partial charge < -0.3 is 15.1 Å². The number of rotatable bonds is 5. The summed E-state index contributed by atoms with van der Waals surface area (Å²) in [7, 11) is 1.67. The molecule has 1 atom stereocenters. The number of anilines is 1. The molecule has 94 valence electrons. The Hall–Kier alpha value is -1.66. The standard InChI is InChI=1S/C11H16N2O4/c1-8(15)9-3-4-10(12(2)5-6-14)11(7-9)13(16)17/h3-4,7-8,14-15H,5-6H2,1-2H3/t8-/m1/s1. The van der Waals surface area contributed by atoms with E-state index in [-0.39, 0.29) is 12.3 Å². The Morgan fingerprint density at radius 1 is 1.53 bits per heavy atom. The molecule has 0 saturated carbocycles. The quantitative estimate of drug-likeness (QED) is 0.594. The van der Waals surface area contributed by atoms with Crippen molar-refractivity contribution in [1.29, 1.82) is 0 Å². The zero-order valence-electron chi connectivity index (χ0n) is 9.83. The van der Waals surface area contributed by atoms with Crippen molar-refractivity contribution < 1.29 is 15.1 Å². The van der Waals surface area contributed by atoms with E-state index < -0.39 is 11.0 Å². The van der Waals surface area contributed by atoms with Gasteiger partial charge in [0.05, 0.1) is 17.6 Å². The number of aliphatic hydroxyl groups is 2. The van der Waals surface area contributed by atoms with Crippen molar-refractivity contribution in [3.63, 3.8) is 0 Å². The summed E-state index contributed by atoms with van der Waals surface area (Å²) in [6.07, 6.45) is -0.745. The second-order valence-electron chi connectivity index (χ2n) is 3.83. The van der Waals surface area contributed by atoms with Gasteiger partial charge in [0.15, 0.2) is 0 Å². The maximum Gasteiger partial charge on any atom is 0.292 e. The molecule has 0 amide bonds. The van der Waals surface area contributed by atoms with Crippen molar-refractivity contribution in [2.24, 2.45) is 0 Å². The van der Waals surface area contributed by atoms with E-state index in [0.717, 1.165) is 0 Å². The predicted octanol–water partition coefficient (Wildman–Crippen LogP) is 1.08. The molecule has 1 aromatic rings. The van der Waals surface area contributed by atoms with Crippen LogP contribution in [-0.4, -0.2) is 35.3 Å². The molecule has 0 radical (unpaired) electrons. The second-order valence-corrected chi connectivity index (χ2v) is 3.83.